The Morgan fingerprint density at radius 2 is 0.900 bits per heavy atom. The van der Waals surface area contributed by atoms with Gasteiger partial charge in [0.25, 0.3) is 0 Å². The first-order chi connectivity index (χ1) is 9.91. The van der Waals surface area contributed by atoms with E-state index in [9.17, 15) is 0 Å². The van der Waals surface area contributed by atoms with Gasteiger partial charge in [0, 0.05) is 10.8 Å². The van der Waals surface area contributed by atoms with Crippen molar-refractivity contribution in [2.45, 2.75) is 23.7 Å². The van der Waals surface area contributed by atoms with Gasteiger partial charge in [-0.1, -0.05) is 60.7 Å². The molecule has 0 aromatic heterocycles. The van der Waals surface area contributed by atoms with Crippen LogP contribution in [0.2, 0.25) is 0 Å². The molecule has 0 spiro atoms. The van der Waals surface area contributed by atoms with Crippen molar-refractivity contribution in [2.75, 3.05) is 0 Å². The van der Waals surface area contributed by atoms with Crippen molar-refractivity contribution >= 4 is 0 Å². The predicted octanol–water partition coefficient (Wildman–Crippen LogP) is 4.16. The Hall–Kier alpha value is -1.56. The number of hydrogen-bond acceptors (Lipinski definition) is 0. The Labute approximate surface area is 119 Å². The quantitative estimate of drug-likeness (QED) is 0.758. The third kappa shape index (κ3) is 0.768. The summed E-state index contributed by atoms with van der Waals surface area (Å²) in [6.07, 6.45) is 3.00. The molecule has 0 saturated heterocycles. The van der Waals surface area contributed by atoms with Gasteiger partial charge in [0.15, 0.2) is 0 Å². The minimum atomic E-state index is 0.519. The summed E-state index contributed by atoms with van der Waals surface area (Å²) in [5.74, 6) is 3.94. The second-order valence-electron chi connectivity index (χ2n) is 7.37. The Morgan fingerprint density at radius 1 is 0.550 bits per heavy atom. The molecule has 0 radical (unpaired) electrons. The summed E-state index contributed by atoms with van der Waals surface area (Å²) in [5, 5.41) is 0. The summed E-state index contributed by atoms with van der Waals surface area (Å²) >= 11 is 0. The monoisotopic (exact) mass is 258 g/mol. The lowest BCUT2D eigenvalue weighted by Gasteiger charge is -2.27. The Morgan fingerprint density at radius 3 is 1.25 bits per heavy atom. The van der Waals surface area contributed by atoms with Gasteiger partial charge < -0.3 is 0 Å². The van der Waals surface area contributed by atoms with Crippen molar-refractivity contribution < 1.29 is 0 Å². The Bertz CT molecular complexity index is 620. The Balaban J connectivity index is 1.62. The first kappa shape index (κ1) is 10.2. The fraction of sp³-hybridized carbons (Fsp3) is 0.400. The van der Waals surface area contributed by atoms with E-state index >= 15 is 0 Å². The van der Waals surface area contributed by atoms with Crippen molar-refractivity contribution in [1.29, 1.82) is 0 Å². The zero-order valence-corrected chi connectivity index (χ0v) is 11.5. The molecule has 4 unspecified atom stereocenters. The second-order valence-corrected chi connectivity index (χ2v) is 7.37. The second kappa shape index (κ2) is 2.88. The molecule has 0 aliphatic heterocycles. The lowest BCUT2D eigenvalue weighted by atomic mass is 9.75. The van der Waals surface area contributed by atoms with E-state index < -0.39 is 0 Å². The largest absolute Gasteiger partial charge is 0.0622 e. The van der Waals surface area contributed by atoms with Crippen LogP contribution < -0.4 is 0 Å². The van der Waals surface area contributed by atoms with Gasteiger partial charge in [-0.05, 0) is 47.6 Å². The smallest absolute Gasteiger partial charge is 0.0118 e. The SMILES string of the molecule is c1ccc(C23C4CC5C(CC42)C53c2ccccc2)cc1. The van der Waals surface area contributed by atoms with Crippen LogP contribution in [-0.4, -0.2) is 0 Å². The first-order valence-corrected chi connectivity index (χ1v) is 8.03. The van der Waals surface area contributed by atoms with Crippen molar-refractivity contribution in [1.82, 2.24) is 0 Å². The predicted molar refractivity (Wildman–Crippen MR) is 79.4 cm³/mol. The van der Waals surface area contributed by atoms with E-state index in [0.717, 1.165) is 23.7 Å². The topological polar surface area (TPSA) is 0 Å². The highest BCUT2D eigenvalue weighted by Gasteiger charge is 2.95. The summed E-state index contributed by atoms with van der Waals surface area (Å²) in [6, 6.07) is 22.9. The van der Waals surface area contributed by atoms with Gasteiger partial charge in [-0.15, -0.1) is 0 Å². The van der Waals surface area contributed by atoms with Gasteiger partial charge in [0.2, 0.25) is 0 Å². The van der Waals surface area contributed by atoms with Crippen molar-refractivity contribution in [2.24, 2.45) is 23.7 Å². The summed E-state index contributed by atoms with van der Waals surface area (Å²) in [5.41, 5.74) is 4.32. The fourth-order valence-corrected chi connectivity index (χ4v) is 7.01. The molecule has 0 N–H and O–H groups in total. The van der Waals surface area contributed by atoms with Crippen LogP contribution in [0.4, 0.5) is 0 Å². The highest BCUT2D eigenvalue weighted by atomic mass is 15.0. The number of benzene rings is 2. The zero-order chi connectivity index (χ0) is 12.9. The number of fused-ring (bicyclic) bond motifs is 2. The van der Waals surface area contributed by atoms with Crippen LogP contribution in [0.25, 0.3) is 0 Å². The zero-order valence-electron chi connectivity index (χ0n) is 11.5. The molecule has 2 aromatic carbocycles. The molecule has 0 bridgehead atoms. The van der Waals surface area contributed by atoms with Crippen LogP contribution >= 0.6 is 0 Å². The molecule has 4 fully saturated rings. The van der Waals surface area contributed by atoms with Crippen LogP contribution in [0.3, 0.4) is 0 Å². The van der Waals surface area contributed by atoms with Crippen molar-refractivity contribution in [3.63, 3.8) is 0 Å². The van der Waals surface area contributed by atoms with Crippen LogP contribution in [0.5, 0.6) is 0 Å². The van der Waals surface area contributed by atoms with Gasteiger partial charge in [-0.2, -0.15) is 0 Å². The van der Waals surface area contributed by atoms with Crippen molar-refractivity contribution in [3.05, 3.63) is 71.8 Å². The normalized spacial score (nSPS) is 49.0. The van der Waals surface area contributed by atoms with E-state index in [1.54, 1.807) is 11.1 Å². The molecule has 6 rings (SSSR count). The molecule has 0 nitrogen and oxygen atoms in total. The van der Waals surface area contributed by atoms with Crippen LogP contribution in [0, 0.1) is 23.7 Å². The van der Waals surface area contributed by atoms with E-state index in [1.165, 1.54) is 12.8 Å². The van der Waals surface area contributed by atoms with Crippen LogP contribution in [0.1, 0.15) is 24.0 Å². The van der Waals surface area contributed by atoms with Gasteiger partial charge in [-0.3, -0.25) is 0 Å². The van der Waals surface area contributed by atoms with Gasteiger partial charge in [0.1, 0.15) is 0 Å². The van der Waals surface area contributed by atoms with E-state index in [-0.39, 0.29) is 0 Å². The highest BCUT2D eigenvalue weighted by Crippen LogP contribution is 2.96. The van der Waals surface area contributed by atoms with E-state index in [2.05, 4.69) is 60.7 Å². The number of rotatable bonds is 2. The molecule has 0 amide bonds. The van der Waals surface area contributed by atoms with E-state index in [4.69, 9.17) is 0 Å². The molecule has 4 atom stereocenters. The summed E-state index contributed by atoms with van der Waals surface area (Å²) in [7, 11) is 0. The molecular formula is C20H18. The third-order valence-corrected chi connectivity index (χ3v) is 7.30. The third-order valence-electron chi connectivity index (χ3n) is 7.30. The molecule has 4 aliphatic carbocycles. The average Bonchev–Trinajstić information content (AvgIpc) is 3.32. The molecule has 20 heavy (non-hydrogen) atoms. The maximum atomic E-state index is 2.40. The van der Waals surface area contributed by atoms with Crippen LogP contribution in [0.15, 0.2) is 60.7 Å². The van der Waals surface area contributed by atoms with E-state index in [0.29, 0.717) is 10.8 Å². The minimum Gasteiger partial charge on any atom is -0.0622 e. The first-order valence-electron chi connectivity index (χ1n) is 8.03. The molecule has 4 saturated carbocycles. The molecule has 0 heteroatoms. The maximum Gasteiger partial charge on any atom is 0.0118 e. The number of hydrogen-bond donors (Lipinski definition) is 0. The van der Waals surface area contributed by atoms with Gasteiger partial charge in [0.05, 0.1) is 0 Å². The van der Waals surface area contributed by atoms with E-state index in [1.807, 2.05) is 0 Å². The molecule has 2 aromatic rings. The molecule has 98 valence electrons. The van der Waals surface area contributed by atoms with Gasteiger partial charge >= 0.3 is 0 Å². The molecule has 0 heterocycles. The standard InChI is InChI=1S/C20H18/c1-3-7-13(8-4-1)19-15-11-17-18(12-16(15)19)20(17,19)14-9-5-2-6-10-14/h1-10,15-18H,11-12H2. The van der Waals surface area contributed by atoms with Crippen LogP contribution in [-0.2, 0) is 10.8 Å². The fourth-order valence-electron chi connectivity index (χ4n) is 7.01. The molecular weight excluding hydrogens is 240 g/mol. The highest BCUT2D eigenvalue weighted by molar-refractivity contribution is 5.62. The maximum absolute atomic E-state index is 2.40. The summed E-state index contributed by atoms with van der Waals surface area (Å²) in [6.45, 7) is 0. The molecule has 4 aliphatic rings. The lowest BCUT2D eigenvalue weighted by Crippen LogP contribution is -2.27. The van der Waals surface area contributed by atoms with Crippen molar-refractivity contribution in [3.8, 4) is 0 Å². The minimum absolute atomic E-state index is 0.519. The van der Waals surface area contributed by atoms with Gasteiger partial charge in [-0.25, -0.2) is 0 Å². The summed E-state index contributed by atoms with van der Waals surface area (Å²) < 4.78 is 0. The Kier molecular flexibility index (Phi) is 1.47. The summed E-state index contributed by atoms with van der Waals surface area (Å²) in [4.78, 5) is 0. The lowest BCUT2D eigenvalue weighted by molar-refractivity contribution is 0.457. The average molecular weight is 258 g/mol.